The van der Waals surface area contributed by atoms with Crippen molar-refractivity contribution in [2.75, 3.05) is 12.3 Å². The number of aromatic nitrogens is 3. The molecule has 3 rings (SSSR count). The van der Waals surface area contributed by atoms with Crippen molar-refractivity contribution in [1.82, 2.24) is 20.1 Å². The normalized spacial score (nSPS) is 11.5. The molecule has 30 heavy (non-hydrogen) atoms. The van der Waals surface area contributed by atoms with E-state index in [2.05, 4.69) is 22.4 Å². The third-order valence-corrected chi connectivity index (χ3v) is 5.44. The fourth-order valence-electron chi connectivity index (χ4n) is 2.92. The molecule has 158 valence electrons. The first-order valence-corrected chi connectivity index (χ1v) is 10.4. The van der Waals surface area contributed by atoms with Crippen LogP contribution < -0.4 is 5.32 Å². The Morgan fingerprint density at radius 2 is 1.87 bits per heavy atom. The zero-order valence-electron chi connectivity index (χ0n) is 16.3. The number of benzene rings is 2. The van der Waals surface area contributed by atoms with Crippen LogP contribution in [0.2, 0.25) is 0 Å². The van der Waals surface area contributed by atoms with Crippen LogP contribution in [0, 0.1) is 0 Å². The number of nitrogens with one attached hydrogen (secondary N) is 1. The van der Waals surface area contributed by atoms with Crippen molar-refractivity contribution in [1.29, 1.82) is 0 Å². The lowest BCUT2D eigenvalue weighted by molar-refractivity contribution is -0.137. The molecular weight excluding hydrogens is 413 g/mol. The van der Waals surface area contributed by atoms with Gasteiger partial charge in [0.05, 0.1) is 17.0 Å². The second kappa shape index (κ2) is 9.80. The van der Waals surface area contributed by atoms with Gasteiger partial charge in [-0.2, -0.15) is 13.2 Å². The monoisotopic (exact) mass is 434 g/mol. The summed E-state index contributed by atoms with van der Waals surface area (Å²) in [5, 5.41) is 11.5. The average Bonchev–Trinajstić information content (AvgIpc) is 3.20. The van der Waals surface area contributed by atoms with Gasteiger partial charge in [-0.15, -0.1) is 10.2 Å². The lowest BCUT2D eigenvalue weighted by Crippen LogP contribution is -2.27. The predicted molar refractivity (Wildman–Crippen MR) is 110 cm³/mol. The molecule has 0 saturated heterocycles. The van der Waals surface area contributed by atoms with Gasteiger partial charge >= 0.3 is 6.18 Å². The number of halogens is 3. The van der Waals surface area contributed by atoms with Gasteiger partial charge in [-0.25, -0.2) is 0 Å². The van der Waals surface area contributed by atoms with E-state index in [1.807, 2.05) is 28.8 Å². The third-order valence-electron chi connectivity index (χ3n) is 4.50. The van der Waals surface area contributed by atoms with Crippen molar-refractivity contribution in [3.63, 3.8) is 0 Å². The zero-order chi connectivity index (χ0) is 21.6. The van der Waals surface area contributed by atoms with Gasteiger partial charge in [-0.1, -0.05) is 49.0 Å². The van der Waals surface area contributed by atoms with Crippen LogP contribution in [-0.4, -0.2) is 33.0 Å². The number of nitrogens with zero attached hydrogens (tertiary/aromatic N) is 3. The van der Waals surface area contributed by atoms with Crippen LogP contribution in [0.1, 0.15) is 23.6 Å². The van der Waals surface area contributed by atoms with Crippen molar-refractivity contribution in [2.24, 2.45) is 0 Å². The minimum absolute atomic E-state index is 0.167. The molecule has 0 fully saturated rings. The first kappa shape index (κ1) is 21.9. The molecule has 3 aromatic rings. The molecule has 0 aliphatic heterocycles. The highest BCUT2D eigenvalue weighted by Crippen LogP contribution is 2.29. The van der Waals surface area contributed by atoms with Crippen molar-refractivity contribution < 1.29 is 18.0 Å². The summed E-state index contributed by atoms with van der Waals surface area (Å²) in [4.78, 5) is 12.1. The third kappa shape index (κ3) is 5.63. The van der Waals surface area contributed by atoms with E-state index in [0.717, 1.165) is 35.4 Å². The minimum Gasteiger partial charge on any atom is -0.355 e. The minimum atomic E-state index is -4.35. The van der Waals surface area contributed by atoms with Crippen LogP contribution in [0.25, 0.3) is 5.69 Å². The number of carbonyl (C=O) groups excluding carboxylic acids is 1. The number of alkyl halides is 3. The summed E-state index contributed by atoms with van der Waals surface area (Å²) < 4.78 is 39.6. The van der Waals surface area contributed by atoms with Gasteiger partial charge in [0.15, 0.2) is 5.16 Å². The maximum absolute atomic E-state index is 12.6. The average molecular weight is 434 g/mol. The number of aryl methyl sites for hydroxylation is 1. The molecule has 2 aromatic carbocycles. The Hall–Kier alpha value is -2.81. The summed E-state index contributed by atoms with van der Waals surface area (Å²) in [7, 11) is 0. The van der Waals surface area contributed by atoms with Gasteiger partial charge in [-0.3, -0.25) is 9.36 Å². The second-order valence-corrected chi connectivity index (χ2v) is 7.49. The van der Waals surface area contributed by atoms with Crippen LogP contribution in [0.3, 0.4) is 0 Å². The fraction of sp³-hybridized carbons (Fsp3) is 0.286. The van der Waals surface area contributed by atoms with E-state index in [1.165, 1.54) is 23.9 Å². The SMILES string of the molecule is CCc1ccccc1-n1cnnc1SCC(=O)NCCc1ccc(C(F)(F)F)cc1. The Morgan fingerprint density at radius 1 is 1.13 bits per heavy atom. The number of hydrogen-bond donors (Lipinski definition) is 1. The number of para-hydroxylation sites is 1. The van der Waals surface area contributed by atoms with E-state index in [0.29, 0.717) is 18.1 Å². The highest BCUT2D eigenvalue weighted by atomic mass is 32.2. The molecule has 0 bridgehead atoms. The molecule has 5 nitrogen and oxygen atoms in total. The summed E-state index contributed by atoms with van der Waals surface area (Å²) in [5.41, 5.74) is 2.18. The summed E-state index contributed by atoms with van der Waals surface area (Å²) in [6.07, 6.45) is -1.40. The van der Waals surface area contributed by atoms with E-state index in [1.54, 1.807) is 6.33 Å². The van der Waals surface area contributed by atoms with Crippen LogP contribution in [0.5, 0.6) is 0 Å². The Morgan fingerprint density at radius 3 is 2.57 bits per heavy atom. The van der Waals surface area contributed by atoms with E-state index in [9.17, 15) is 18.0 Å². The largest absolute Gasteiger partial charge is 0.416 e. The van der Waals surface area contributed by atoms with Crippen LogP contribution in [0.4, 0.5) is 13.2 Å². The predicted octanol–water partition coefficient (Wildman–Crippen LogP) is 4.30. The van der Waals surface area contributed by atoms with Gasteiger partial charge in [0, 0.05) is 6.54 Å². The van der Waals surface area contributed by atoms with Gasteiger partial charge in [0.1, 0.15) is 6.33 Å². The molecule has 0 atom stereocenters. The van der Waals surface area contributed by atoms with Gasteiger partial charge in [0.25, 0.3) is 0 Å². The topological polar surface area (TPSA) is 59.8 Å². The standard InChI is InChI=1S/C21H21F3N4OS/c1-2-16-5-3-4-6-18(16)28-14-26-27-20(28)30-13-19(29)25-12-11-15-7-9-17(10-8-15)21(22,23)24/h3-10,14H,2,11-13H2,1H3,(H,25,29). The summed E-state index contributed by atoms with van der Waals surface area (Å²) in [6, 6.07) is 12.9. The molecule has 1 heterocycles. The first-order chi connectivity index (χ1) is 14.4. The van der Waals surface area contributed by atoms with E-state index in [-0.39, 0.29) is 11.7 Å². The van der Waals surface area contributed by atoms with Crippen LogP contribution in [-0.2, 0) is 23.8 Å². The summed E-state index contributed by atoms with van der Waals surface area (Å²) in [5.74, 6) is -0.00904. The number of hydrogen-bond acceptors (Lipinski definition) is 4. The van der Waals surface area contributed by atoms with Crippen molar-refractivity contribution in [3.8, 4) is 5.69 Å². The molecular formula is C21H21F3N4OS. The maximum atomic E-state index is 12.6. The molecule has 9 heteroatoms. The number of carbonyl (C=O) groups is 1. The molecule has 0 unspecified atom stereocenters. The lowest BCUT2D eigenvalue weighted by Gasteiger charge is -2.11. The molecule has 1 aromatic heterocycles. The van der Waals surface area contributed by atoms with E-state index < -0.39 is 11.7 Å². The summed E-state index contributed by atoms with van der Waals surface area (Å²) in [6.45, 7) is 2.41. The smallest absolute Gasteiger partial charge is 0.355 e. The Balaban J connectivity index is 1.50. The Labute approximate surface area is 176 Å². The quantitative estimate of drug-likeness (QED) is 0.537. The van der Waals surface area contributed by atoms with Crippen LogP contribution in [0.15, 0.2) is 60.0 Å². The Kier molecular flexibility index (Phi) is 7.15. The zero-order valence-corrected chi connectivity index (χ0v) is 17.1. The van der Waals surface area contributed by atoms with Gasteiger partial charge in [0.2, 0.25) is 5.91 Å². The lowest BCUT2D eigenvalue weighted by atomic mass is 10.1. The highest BCUT2D eigenvalue weighted by Gasteiger charge is 2.29. The van der Waals surface area contributed by atoms with Gasteiger partial charge < -0.3 is 5.32 Å². The summed E-state index contributed by atoms with van der Waals surface area (Å²) >= 11 is 1.28. The molecule has 0 radical (unpaired) electrons. The molecule has 0 aliphatic rings. The molecule has 0 spiro atoms. The molecule has 0 aliphatic carbocycles. The molecule has 1 amide bonds. The van der Waals surface area contributed by atoms with Gasteiger partial charge in [-0.05, 0) is 42.2 Å². The van der Waals surface area contributed by atoms with Crippen molar-refractivity contribution in [3.05, 3.63) is 71.5 Å². The number of thioether (sulfide) groups is 1. The second-order valence-electron chi connectivity index (χ2n) is 6.55. The molecule has 1 N–H and O–H groups in total. The van der Waals surface area contributed by atoms with Crippen molar-refractivity contribution in [2.45, 2.75) is 31.1 Å². The first-order valence-electron chi connectivity index (χ1n) is 9.42. The number of rotatable bonds is 8. The van der Waals surface area contributed by atoms with E-state index in [4.69, 9.17) is 0 Å². The van der Waals surface area contributed by atoms with Crippen LogP contribution >= 0.6 is 11.8 Å². The fourth-order valence-corrected chi connectivity index (χ4v) is 3.67. The number of amides is 1. The maximum Gasteiger partial charge on any atom is 0.416 e. The molecule has 0 saturated carbocycles. The van der Waals surface area contributed by atoms with E-state index >= 15 is 0 Å². The Bertz CT molecular complexity index is 986. The highest BCUT2D eigenvalue weighted by molar-refractivity contribution is 7.99. The van der Waals surface area contributed by atoms with Crippen molar-refractivity contribution >= 4 is 17.7 Å².